The van der Waals surface area contributed by atoms with Crippen molar-refractivity contribution in [3.8, 4) is 0 Å². The molecule has 22 heavy (non-hydrogen) atoms. The van der Waals surface area contributed by atoms with E-state index in [1.54, 1.807) is 6.20 Å². The first-order valence-corrected chi connectivity index (χ1v) is 7.13. The lowest BCUT2D eigenvalue weighted by Gasteiger charge is -2.19. The summed E-state index contributed by atoms with van der Waals surface area (Å²) < 4.78 is 0. The summed E-state index contributed by atoms with van der Waals surface area (Å²) in [7, 11) is 0. The highest BCUT2D eigenvalue weighted by molar-refractivity contribution is 5.98. The van der Waals surface area contributed by atoms with Crippen LogP contribution in [0.2, 0.25) is 0 Å². The Bertz CT molecular complexity index is 636. The van der Waals surface area contributed by atoms with Crippen LogP contribution in [0.3, 0.4) is 0 Å². The van der Waals surface area contributed by atoms with Crippen LogP contribution in [0, 0.1) is 5.92 Å². The van der Waals surface area contributed by atoms with E-state index < -0.39 is 0 Å². The number of pyridine rings is 1. The van der Waals surface area contributed by atoms with Crippen LogP contribution < -0.4 is 11.1 Å². The molecule has 0 saturated heterocycles. The molecule has 120 valence electrons. The topological polar surface area (TPSA) is 68.0 Å². The SMILES string of the molecule is Cl.Cl.NCC1CCCC1NC(=O)c1ccc2ncccc2c1. The maximum Gasteiger partial charge on any atom is 0.251 e. The average Bonchev–Trinajstić information content (AvgIpc) is 2.94. The molecule has 1 fully saturated rings. The third-order valence-corrected chi connectivity index (χ3v) is 4.14. The lowest BCUT2D eigenvalue weighted by Crippen LogP contribution is -2.39. The molecule has 1 saturated carbocycles. The van der Waals surface area contributed by atoms with Crippen LogP contribution >= 0.6 is 24.8 Å². The molecule has 1 aromatic carbocycles. The van der Waals surface area contributed by atoms with E-state index in [1.807, 2.05) is 30.3 Å². The molecule has 1 aliphatic rings. The summed E-state index contributed by atoms with van der Waals surface area (Å²) >= 11 is 0. The molecule has 1 heterocycles. The van der Waals surface area contributed by atoms with Gasteiger partial charge in [-0.05, 0) is 49.6 Å². The number of nitrogens with one attached hydrogen (secondary N) is 1. The molecule has 2 atom stereocenters. The van der Waals surface area contributed by atoms with E-state index in [0.29, 0.717) is 18.0 Å². The minimum Gasteiger partial charge on any atom is -0.349 e. The normalized spacial score (nSPS) is 20.0. The van der Waals surface area contributed by atoms with Crippen LogP contribution in [0.25, 0.3) is 10.9 Å². The first kappa shape index (κ1) is 18.7. The maximum absolute atomic E-state index is 12.3. The number of nitrogens with two attached hydrogens (primary N) is 1. The second-order valence-corrected chi connectivity index (χ2v) is 5.42. The fraction of sp³-hybridized carbons (Fsp3) is 0.375. The molecule has 1 aliphatic carbocycles. The van der Waals surface area contributed by atoms with Crippen LogP contribution in [0.1, 0.15) is 29.6 Å². The number of nitrogens with zero attached hydrogens (tertiary/aromatic N) is 1. The van der Waals surface area contributed by atoms with E-state index in [4.69, 9.17) is 5.73 Å². The smallest absolute Gasteiger partial charge is 0.251 e. The van der Waals surface area contributed by atoms with Crippen molar-refractivity contribution >= 4 is 41.6 Å². The van der Waals surface area contributed by atoms with Gasteiger partial charge in [0.1, 0.15) is 0 Å². The predicted octanol–water partition coefficient (Wildman–Crippen LogP) is 2.94. The molecule has 2 unspecified atom stereocenters. The Hall–Kier alpha value is -1.36. The van der Waals surface area contributed by atoms with Crippen molar-refractivity contribution in [1.29, 1.82) is 0 Å². The minimum atomic E-state index is -0.0129. The number of aromatic nitrogens is 1. The number of hydrogen-bond donors (Lipinski definition) is 2. The second kappa shape index (κ2) is 8.32. The Morgan fingerprint density at radius 1 is 1.27 bits per heavy atom. The monoisotopic (exact) mass is 341 g/mol. The molecule has 0 aliphatic heterocycles. The van der Waals surface area contributed by atoms with Crippen molar-refractivity contribution in [2.75, 3.05) is 6.54 Å². The largest absolute Gasteiger partial charge is 0.349 e. The van der Waals surface area contributed by atoms with Gasteiger partial charge >= 0.3 is 0 Å². The summed E-state index contributed by atoms with van der Waals surface area (Å²) in [6, 6.07) is 9.68. The van der Waals surface area contributed by atoms with Gasteiger partial charge in [0.05, 0.1) is 5.52 Å². The number of hydrogen-bond acceptors (Lipinski definition) is 3. The summed E-state index contributed by atoms with van der Waals surface area (Å²) in [5, 5.41) is 4.11. The predicted molar refractivity (Wildman–Crippen MR) is 93.9 cm³/mol. The number of halogens is 2. The molecule has 1 aromatic heterocycles. The van der Waals surface area contributed by atoms with E-state index in [2.05, 4.69) is 10.3 Å². The number of benzene rings is 1. The van der Waals surface area contributed by atoms with Crippen LogP contribution in [-0.4, -0.2) is 23.5 Å². The number of amides is 1. The first-order chi connectivity index (χ1) is 9.78. The van der Waals surface area contributed by atoms with E-state index in [1.165, 1.54) is 0 Å². The quantitative estimate of drug-likeness (QED) is 0.901. The Labute approximate surface area is 142 Å². The standard InChI is InChI=1S/C16H19N3O.2ClH/c17-10-13-3-1-5-15(13)19-16(20)12-6-7-14-11(9-12)4-2-8-18-14;;/h2,4,6-9,13,15H,1,3,5,10,17H2,(H,19,20);2*1H. The summed E-state index contributed by atoms with van der Waals surface area (Å²) in [4.78, 5) is 16.6. The molecule has 0 spiro atoms. The van der Waals surface area contributed by atoms with Crippen molar-refractivity contribution in [1.82, 2.24) is 10.3 Å². The van der Waals surface area contributed by atoms with Crippen LogP contribution in [0.5, 0.6) is 0 Å². The van der Waals surface area contributed by atoms with Gasteiger partial charge in [-0.25, -0.2) is 0 Å². The van der Waals surface area contributed by atoms with Gasteiger partial charge in [0.15, 0.2) is 0 Å². The van der Waals surface area contributed by atoms with Gasteiger partial charge in [-0.1, -0.05) is 12.5 Å². The molecule has 4 nitrogen and oxygen atoms in total. The van der Waals surface area contributed by atoms with Crippen molar-refractivity contribution in [3.05, 3.63) is 42.1 Å². The number of fused-ring (bicyclic) bond motifs is 1. The van der Waals surface area contributed by atoms with Crippen LogP contribution in [0.4, 0.5) is 0 Å². The van der Waals surface area contributed by atoms with Gasteiger partial charge in [0.25, 0.3) is 5.91 Å². The Kier molecular flexibility index (Phi) is 7.07. The van der Waals surface area contributed by atoms with E-state index in [-0.39, 0.29) is 36.8 Å². The molecule has 6 heteroatoms. The van der Waals surface area contributed by atoms with Gasteiger partial charge in [0.2, 0.25) is 0 Å². The summed E-state index contributed by atoms with van der Waals surface area (Å²) in [6.45, 7) is 0.645. The van der Waals surface area contributed by atoms with Crippen LogP contribution in [-0.2, 0) is 0 Å². The fourth-order valence-electron chi connectivity index (χ4n) is 2.98. The highest BCUT2D eigenvalue weighted by Crippen LogP contribution is 2.25. The van der Waals surface area contributed by atoms with Gasteiger partial charge in [-0.15, -0.1) is 24.8 Å². The molecular weight excluding hydrogens is 321 g/mol. The molecule has 0 bridgehead atoms. The summed E-state index contributed by atoms with van der Waals surface area (Å²) in [5.74, 6) is 0.405. The number of carbonyl (C=O) groups is 1. The summed E-state index contributed by atoms with van der Waals surface area (Å²) in [6.07, 6.45) is 5.05. The molecule has 3 rings (SSSR count). The van der Waals surface area contributed by atoms with Crippen molar-refractivity contribution in [3.63, 3.8) is 0 Å². The summed E-state index contributed by atoms with van der Waals surface area (Å²) in [5.41, 5.74) is 7.35. The highest BCUT2D eigenvalue weighted by atomic mass is 35.5. The maximum atomic E-state index is 12.3. The number of carbonyl (C=O) groups excluding carboxylic acids is 1. The minimum absolute atomic E-state index is 0. The van der Waals surface area contributed by atoms with Crippen LogP contribution in [0.15, 0.2) is 36.5 Å². The zero-order valence-corrected chi connectivity index (χ0v) is 13.8. The second-order valence-electron chi connectivity index (χ2n) is 5.42. The third-order valence-electron chi connectivity index (χ3n) is 4.14. The van der Waals surface area contributed by atoms with Crippen molar-refractivity contribution in [2.45, 2.75) is 25.3 Å². The van der Waals surface area contributed by atoms with Crippen molar-refractivity contribution < 1.29 is 4.79 Å². The van der Waals surface area contributed by atoms with Crippen molar-refractivity contribution in [2.24, 2.45) is 11.7 Å². The zero-order valence-electron chi connectivity index (χ0n) is 12.2. The van der Waals surface area contributed by atoms with Gasteiger partial charge in [0, 0.05) is 23.2 Å². The lowest BCUT2D eigenvalue weighted by molar-refractivity contribution is 0.0929. The highest BCUT2D eigenvalue weighted by Gasteiger charge is 2.27. The molecule has 1 amide bonds. The van der Waals surface area contributed by atoms with E-state index in [9.17, 15) is 4.79 Å². The van der Waals surface area contributed by atoms with E-state index >= 15 is 0 Å². The van der Waals surface area contributed by atoms with E-state index in [0.717, 1.165) is 30.2 Å². The Morgan fingerprint density at radius 3 is 2.86 bits per heavy atom. The Morgan fingerprint density at radius 2 is 2.09 bits per heavy atom. The Balaban J connectivity index is 0.00000121. The number of rotatable bonds is 3. The third kappa shape index (κ3) is 3.88. The van der Waals surface area contributed by atoms with Gasteiger partial charge < -0.3 is 11.1 Å². The molecule has 3 N–H and O–H groups in total. The molecule has 2 aromatic rings. The average molecular weight is 342 g/mol. The van der Waals surface area contributed by atoms with Gasteiger partial charge in [-0.3, -0.25) is 9.78 Å². The zero-order chi connectivity index (χ0) is 13.9. The fourth-order valence-corrected chi connectivity index (χ4v) is 2.98. The molecular formula is C16H21Cl2N3O. The first-order valence-electron chi connectivity index (χ1n) is 7.13. The van der Waals surface area contributed by atoms with Gasteiger partial charge in [-0.2, -0.15) is 0 Å². The lowest BCUT2D eigenvalue weighted by atomic mass is 10.0. The molecule has 0 radical (unpaired) electrons.